The predicted octanol–water partition coefficient (Wildman–Crippen LogP) is 4.37. The van der Waals surface area contributed by atoms with Crippen molar-refractivity contribution in [2.45, 2.75) is 43.9 Å². The van der Waals surface area contributed by atoms with Gasteiger partial charge in [-0.25, -0.2) is 8.78 Å². The molecule has 200 valence electrons. The number of piperidine rings is 1. The number of hydrogen-bond acceptors (Lipinski definition) is 4. The van der Waals surface area contributed by atoms with Crippen LogP contribution in [0.25, 0.3) is 0 Å². The summed E-state index contributed by atoms with van der Waals surface area (Å²) in [6.07, 6.45) is 1.64. The van der Waals surface area contributed by atoms with Crippen molar-refractivity contribution in [3.8, 4) is 0 Å². The Kier molecular flexibility index (Phi) is 7.00. The van der Waals surface area contributed by atoms with Crippen molar-refractivity contribution in [1.29, 1.82) is 0 Å². The summed E-state index contributed by atoms with van der Waals surface area (Å²) in [7, 11) is 6.90. The maximum atomic E-state index is 15.0. The van der Waals surface area contributed by atoms with Crippen molar-refractivity contribution in [2.75, 3.05) is 32.0 Å². The number of pyridine rings is 1. The van der Waals surface area contributed by atoms with Crippen molar-refractivity contribution in [2.24, 2.45) is 23.7 Å². The number of aromatic nitrogens is 1. The molecule has 10 heteroatoms. The van der Waals surface area contributed by atoms with Gasteiger partial charge < -0.3 is 20.1 Å². The van der Waals surface area contributed by atoms with E-state index in [1.807, 2.05) is 9.24 Å². The number of hydrogen-bond donors (Lipinski definition) is 2. The summed E-state index contributed by atoms with van der Waals surface area (Å²) in [6.45, 7) is 8.69. The number of benzene rings is 1. The molecule has 2 aliphatic carbocycles. The van der Waals surface area contributed by atoms with Crippen molar-refractivity contribution in [1.82, 2.24) is 14.8 Å². The average molecular weight is 549 g/mol. The highest BCUT2D eigenvalue weighted by molar-refractivity contribution is 7.19. The zero-order chi connectivity index (χ0) is 26.8. The molecule has 0 bridgehead atoms. The van der Waals surface area contributed by atoms with Gasteiger partial charge in [0.1, 0.15) is 11.7 Å². The van der Waals surface area contributed by atoms with Gasteiger partial charge >= 0.3 is 0 Å². The lowest BCUT2D eigenvalue weighted by Gasteiger charge is -2.20. The third-order valence-electron chi connectivity index (χ3n) is 8.86. The van der Waals surface area contributed by atoms with Crippen LogP contribution in [0.3, 0.4) is 0 Å². The van der Waals surface area contributed by atoms with Crippen LogP contribution < -0.4 is 16.2 Å². The zero-order valence-electron chi connectivity index (χ0n) is 21.7. The number of alkyl halides is 1. The summed E-state index contributed by atoms with van der Waals surface area (Å²) < 4.78 is 30.4. The fraction of sp³-hybridized carbons (Fsp3) is 0.556. The molecule has 0 radical (unpaired) electrons. The first-order valence-electron chi connectivity index (χ1n) is 12.9. The van der Waals surface area contributed by atoms with E-state index in [1.165, 1.54) is 12.1 Å². The zero-order valence-corrected chi connectivity index (χ0v) is 24.0. The molecule has 1 aliphatic heterocycles. The summed E-state index contributed by atoms with van der Waals surface area (Å²) in [5.41, 5.74) is 0.829. The molecule has 5 rings (SSSR count). The number of nitrogens with zero attached hydrogens (tertiary/aromatic N) is 2. The van der Waals surface area contributed by atoms with E-state index in [1.54, 1.807) is 29.8 Å². The minimum Gasteiger partial charge on any atom is -0.384 e. The maximum absolute atomic E-state index is 15.0. The molecule has 1 amide bonds. The van der Waals surface area contributed by atoms with Crippen LogP contribution in [0.2, 0.25) is 0 Å². The van der Waals surface area contributed by atoms with E-state index in [0.717, 1.165) is 13.1 Å². The van der Waals surface area contributed by atoms with Crippen LogP contribution in [0.15, 0.2) is 35.3 Å². The highest BCUT2D eigenvalue weighted by atomic mass is 31.0. The Hall–Kier alpha value is -1.88. The van der Waals surface area contributed by atoms with Crippen molar-refractivity contribution in [3.63, 3.8) is 0 Å². The smallest absolute Gasteiger partial charge is 0.255 e. The molecule has 2 aromatic rings. The molecule has 3 aliphatic rings. The van der Waals surface area contributed by atoms with Gasteiger partial charge in [-0.05, 0) is 37.6 Å². The number of rotatable bonds is 8. The first kappa shape index (κ1) is 26.7. The number of likely N-dealkylation sites (tertiary alicyclic amines) is 1. The van der Waals surface area contributed by atoms with Gasteiger partial charge in [0, 0.05) is 54.2 Å². The topological polar surface area (TPSA) is 66.4 Å². The Bertz CT molecular complexity index is 1270. The quantitative estimate of drug-likeness (QED) is 0.481. The number of anilines is 1. The standard InChI is InChI=1S/C27H36F2N4O2P2/c1-13-24(27(13,3)37)33-12-20(21(8-22(33)34)30-9-17-18-10-32(4)11-19(17)18)26(35)31-14(2)15-6-5-7-16(23(15)28)25(29)36/h5-8,12-14,17-19,24-25,30H,9-11,36-37H2,1-4H3,(H,31,35)/t13-,14-,17?,18?,19?,24-,25?,27?/m1/s1. The Morgan fingerprint density at radius 1 is 1.27 bits per heavy atom. The SMILES string of the molecule is C[C@@H]1[C@@H](n2cc(C(=O)N[C@H](C)c3cccc(C(F)P)c3F)c(NCC3C4CN(C)CC34)cc2=O)C1(C)P. The van der Waals surface area contributed by atoms with Crippen LogP contribution in [0.1, 0.15) is 60.3 Å². The van der Waals surface area contributed by atoms with Crippen LogP contribution in [0.5, 0.6) is 0 Å². The van der Waals surface area contributed by atoms with E-state index in [-0.39, 0.29) is 33.8 Å². The Labute approximate surface area is 221 Å². The molecule has 0 spiro atoms. The minimum absolute atomic E-state index is 0.0287. The van der Waals surface area contributed by atoms with Gasteiger partial charge in [-0.3, -0.25) is 9.59 Å². The van der Waals surface area contributed by atoms with E-state index >= 15 is 0 Å². The molecular weight excluding hydrogens is 512 g/mol. The van der Waals surface area contributed by atoms with Gasteiger partial charge in [0.05, 0.1) is 17.3 Å². The van der Waals surface area contributed by atoms with Crippen LogP contribution in [0.4, 0.5) is 14.5 Å². The lowest BCUT2D eigenvalue weighted by atomic mass is 10.0. The predicted molar refractivity (Wildman–Crippen MR) is 149 cm³/mol. The molecule has 2 heterocycles. The monoisotopic (exact) mass is 548 g/mol. The van der Waals surface area contributed by atoms with Crippen LogP contribution in [0, 0.1) is 29.5 Å². The van der Waals surface area contributed by atoms with Gasteiger partial charge in [-0.1, -0.05) is 41.3 Å². The number of amides is 1. The second-order valence-corrected chi connectivity index (χ2v) is 13.2. The molecular formula is C27H36F2N4O2P2. The molecule has 2 N–H and O–H groups in total. The molecule has 9 atom stereocenters. The van der Waals surface area contributed by atoms with Crippen LogP contribution >= 0.6 is 18.5 Å². The molecule has 1 saturated heterocycles. The molecule has 1 aromatic carbocycles. The second kappa shape index (κ2) is 9.70. The largest absolute Gasteiger partial charge is 0.384 e. The highest BCUT2D eigenvalue weighted by Crippen LogP contribution is 2.59. The van der Waals surface area contributed by atoms with Gasteiger partial charge in [0.2, 0.25) is 0 Å². The Balaban J connectivity index is 1.40. The molecule has 37 heavy (non-hydrogen) atoms. The van der Waals surface area contributed by atoms with E-state index < -0.39 is 23.7 Å². The lowest BCUT2D eigenvalue weighted by Crippen LogP contribution is -2.31. The molecule has 3 fully saturated rings. The summed E-state index contributed by atoms with van der Waals surface area (Å²) in [5, 5.41) is 6.13. The van der Waals surface area contributed by atoms with Gasteiger partial charge in [-0.2, -0.15) is 0 Å². The van der Waals surface area contributed by atoms with Crippen molar-refractivity contribution < 1.29 is 13.6 Å². The number of carbonyl (C=O) groups is 1. The van der Waals surface area contributed by atoms with Crippen molar-refractivity contribution >= 4 is 30.1 Å². The summed E-state index contributed by atoms with van der Waals surface area (Å²) in [6, 6.07) is 5.31. The number of fused-ring (bicyclic) bond motifs is 1. The average Bonchev–Trinajstić information content (AvgIpc) is 3.52. The highest BCUT2D eigenvalue weighted by Gasteiger charge is 2.57. The van der Waals surface area contributed by atoms with Crippen LogP contribution in [-0.2, 0) is 0 Å². The summed E-state index contributed by atoms with van der Waals surface area (Å²) in [4.78, 5) is 29.0. The number of carbonyl (C=O) groups excluding carboxylic acids is 1. The summed E-state index contributed by atoms with van der Waals surface area (Å²) >= 11 is 0. The molecule has 2 saturated carbocycles. The first-order chi connectivity index (χ1) is 17.4. The Morgan fingerprint density at radius 3 is 2.49 bits per heavy atom. The van der Waals surface area contributed by atoms with E-state index in [9.17, 15) is 18.4 Å². The fourth-order valence-corrected chi connectivity index (χ4v) is 7.01. The van der Waals surface area contributed by atoms with Gasteiger partial charge in [0.25, 0.3) is 11.5 Å². The second-order valence-electron chi connectivity index (χ2n) is 11.4. The number of halogens is 2. The Morgan fingerprint density at radius 2 is 1.89 bits per heavy atom. The minimum atomic E-state index is -1.54. The van der Waals surface area contributed by atoms with Crippen LogP contribution in [-0.4, -0.2) is 47.2 Å². The van der Waals surface area contributed by atoms with E-state index in [4.69, 9.17) is 0 Å². The lowest BCUT2D eigenvalue weighted by molar-refractivity contribution is 0.0939. The van der Waals surface area contributed by atoms with Gasteiger partial charge in [-0.15, -0.1) is 9.24 Å². The van der Waals surface area contributed by atoms with E-state index in [0.29, 0.717) is 35.5 Å². The van der Waals surface area contributed by atoms with E-state index in [2.05, 4.69) is 45.7 Å². The molecule has 1 aromatic heterocycles. The molecule has 6 nitrogen and oxygen atoms in total. The van der Waals surface area contributed by atoms with Crippen molar-refractivity contribution in [3.05, 3.63) is 63.3 Å². The maximum Gasteiger partial charge on any atom is 0.255 e. The molecule has 6 unspecified atom stereocenters. The fourth-order valence-electron chi connectivity index (χ4n) is 6.22. The van der Waals surface area contributed by atoms with Gasteiger partial charge in [0.15, 0.2) is 0 Å². The third-order valence-corrected chi connectivity index (χ3v) is 10.1. The normalized spacial score (nSPS) is 31.9. The first-order valence-corrected chi connectivity index (χ1v) is 14.1. The summed E-state index contributed by atoms with van der Waals surface area (Å²) in [5.74, 6) is -0.500. The third kappa shape index (κ3) is 4.86. The number of nitrogens with one attached hydrogen (secondary N) is 2.